The van der Waals surface area contributed by atoms with E-state index in [0.29, 0.717) is 25.7 Å². The summed E-state index contributed by atoms with van der Waals surface area (Å²) >= 11 is 0. The second-order valence-electron chi connectivity index (χ2n) is 9.59. The first-order valence-corrected chi connectivity index (χ1v) is 11.9. The van der Waals surface area contributed by atoms with Crippen LogP contribution in [0.3, 0.4) is 0 Å². The predicted octanol–water partition coefficient (Wildman–Crippen LogP) is 4.66. The minimum Gasteiger partial charge on any atom is -0.490 e. The van der Waals surface area contributed by atoms with Crippen molar-refractivity contribution in [1.82, 2.24) is 9.80 Å². The van der Waals surface area contributed by atoms with E-state index in [1.165, 1.54) is 11.1 Å². The highest BCUT2D eigenvalue weighted by Crippen LogP contribution is 2.31. The molecule has 0 spiro atoms. The Morgan fingerprint density at radius 3 is 2.69 bits per heavy atom. The lowest BCUT2D eigenvalue weighted by atomic mass is 10.0. The van der Waals surface area contributed by atoms with E-state index in [-0.39, 0.29) is 11.8 Å². The number of nitrogens with zero attached hydrogens (tertiary/aromatic N) is 2. The van der Waals surface area contributed by atoms with Gasteiger partial charge in [-0.25, -0.2) is 0 Å². The minimum atomic E-state index is 0.0678. The molecule has 5 heteroatoms. The molecule has 2 aliphatic heterocycles. The van der Waals surface area contributed by atoms with Gasteiger partial charge in [0.2, 0.25) is 5.91 Å². The summed E-state index contributed by atoms with van der Waals surface area (Å²) in [5, 5.41) is 0. The summed E-state index contributed by atoms with van der Waals surface area (Å²) in [6.07, 6.45) is 1.82. The summed E-state index contributed by atoms with van der Waals surface area (Å²) in [6.45, 7) is 12.0. The standard InChI is InChI=1S/C27H36N2O3/c1-20(2)16-29(17-22-9-10-25-26(15-22)32-14-6-13-31-25)27(30)24-11-12-28(19-24)18-23-8-5-4-7-21(23)3/h4-5,7-10,15,20,24H,6,11-14,16-19H2,1-3H3. The summed E-state index contributed by atoms with van der Waals surface area (Å²) in [5.74, 6) is 2.36. The van der Waals surface area contributed by atoms with Crippen LogP contribution in [0.15, 0.2) is 42.5 Å². The number of likely N-dealkylation sites (tertiary alicyclic amines) is 1. The molecule has 0 saturated carbocycles. The Hall–Kier alpha value is -2.53. The topological polar surface area (TPSA) is 42.0 Å². The van der Waals surface area contributed by atoms with Crippen molar-refractivity contribution in [3.63, 3.8) is 0 Å². The van der Waals surface area contributed by atoms with Crippen LogP contribution in [0, 0.1) is 18.8 Å². The molecule has 1 amide bonds. The van der Waals surface area contributed by atoms with Crippen LogP contribution in [-0.4, -0.2) is 48.6 Å². The summed E-state index contributed by atoms with van der Waals surface area (Å²) < 4.78 is 11.6. The van der Waals surface area contributed by atoms with Crippen molar-refractivity contribution in [3.05, 3.63) is 59.2 Å². The summed E-state index contributed by atoms with van der Waals surface area (Å²) in [5.41, 5.74) is 3.77. The van der Waals surface area contributed by atoms with Crippen LogP contribution in [0.4, 0.5) is 0 Å². The molecule has 1 saturated heterocycles. The fourth-order valence-corrected chi connectivity index (χ4v) is 4.66. The molecular weight excluding hydrogens is 400 g/mol. The molecule has 2 aromatic carbocycles. The molecule has 1 unspecified atom stereocenters. The average molecular weight is 437 g/mol. The Balaban J connectivity index is 1.42. The van der Waals surface area contributed by atoms with Gasteiger partial charge in [-0.3, -0.25) is 9.69 Å². The van der Waals surface area contributed by atoms with Crippen LogP contribution in [-0.2, 0) is 17.9 Å². The zero-order chi connectivity index (χ0) is 22.5. The Bertz CT molecular complexity index is 927. The van der Waals surface area contributed by atoms with Gasteiger partial charge in [-0.05, 0) is 54.6 Å². The van der Waals surface area contributed by atoms with Crippen molar-refractivity contribution in [2.24, 2.45) is 11.8 Å². The number of hydrogen-bond donors (Lipinski definition) is 0. The first kappa shape index (κ1) is 22.7. The lowest BCUT2D eigenvalue weighted by Gasteiger charge is -2.28. The molecule has 0 bridgehead atoms. The first-order valence-electron chi connectivity index (χ1n) is 11.9. The number of carbonyl (C=O) groups excluding carboxylic acids is 1. The second-order valence-corrected chi connectivity index (χ2v) is 9.59. The van der Waals surface area contributed by atoms with Crippen molar-refractivity contribution in [2.45, 2.75) is 46.7 Å². The molecule has 2 aromatic rings. The molecule has 1 fully saturated rings. The van der Waals surface area contributed by atoms with Gasteiger partial charge < -0.3 is 14.4 Å². The van der Waals surface area contributed by atoms with Gasteiger partial charge in [-0.15, -0.1) is 0 Å². The number of benzene rings is 2. The van der Waals surface area contributed by atoms with Gasteiger partial charge in [0, 0.05) is 32.6 Å². The second kappa shape index (κ2) is 10.4. The van der Waals surface area contributed by atoms with E-state index in [4.69, 9.17) is 9.47 Å². The smallest absolute Gasteiger partial charge is 0.227 e. The molecule has 0 aliphatic carbocycles. The fourth-order valence-electron chi connectivity index (χ4n) is 4.66. The highest BCUT2D eigenvalue weighted by molar-refractivity contribution is 5.79. The van der Waals surface area contributed by atoms with Crippen LogP contribution in [0.1, 0.15) is 43.4 Å². The highest BCUT2D eigenvalue weighted by Gasteiger charge is 2.32. The van der Waals surface area contributed by atoms with Crippen molar-refractivity contribution in [3.8, 4) is 11.5 Å². The number of rotatable bonds is 7. The Morgan fingerprint density at radius 2 is 1.91 bits per heavy atom. The van der Waals surface area contributed by atoms with Gasteiger partial charge in [-0.1, -0.05) is 44.2 Å². The molecule has 0 aromatic heterocycles. The van der Waals surface area contributed by atoms with Gasteiger partial charge in [0.05, 0.1) is 19.1 Å². The Morgan fingerprint density at radius 1 is 1.12 bits per heavy atom. The number of hydrogen-bond acceptors (Lipinski definition) is 4. The molecule has 0 N–H and O–H groups in total. The molecular formula is C27H36N2O3. The molecule has 4 rings (SSSR count). The van der Waals surface area contributed by atoms with Crippen molar-refractivity contribution in [1.29, 1.82) is 0 Å². The van der Waals surface area contributed by atoms with Gasteiger partial charge in [0.25, 0.3) is 0 Å². The third-order valence-corrected chi connectivity index (χ3v) is 6.36. The van der Waals surface area contributed by atoms with Crippen LogP contribution in [0.2, 0.25) is 0 Å². The number of amides is 1. The monoisotopic (exact) mass is 436 g/mol. The van der Waals surface area contributed by atoms with Gasteiger partial charge >= 0.3 is 0 Å². The maximum atomic E-state index is 13.5. The minimum absolute atomic E-state index is 0.0678. The third kappa shape index (κ3) is 5.63. The van der Waals surface area contributed by atoms with Gasteiger partial charge in [0.1, 0.15) is 0 Å². The molecule has 2 heterocycles. The summed E-state index contributed by atoms with van der Waals surface area (Å²) in [4.78, 5) is 18.0. The molecule has 172 valence electrons. The van der Waals surface area contributed by atoms with Gasteiger partial charge in [0.15, 0.2) is 11.5 Å². The molecule has 32 heavy (non-hydrogen) atoms. The Labute approximate surface area is 192 Å². The van der Waals surface area contributed by atoms with Gasteiger partial charge in [-0.2, -0.15) is 0 Å². The lowest BCUT2D eigenvalue weighted by molar-refractivity contribution is -0.136. The van der Waals surface area contributed by atoms with E-state index >= 15 is 0 Å². The van der Waals surface area contributed by atoms with E-state index in [1.807, 2.05) is 17.0 Å². The average Bonchev–Trinajstić information content (AvgIpc) is 3.11. The quantitative estimate of drug-likeness (QED) is 0.633. The van der Waals surface area contributed by atoms with Crippen molar-refractivity contribution in [2.75, 3.05) is 32.8 Å². The SMILES string of the molecule is Cc1ccccc1CN1CCC(C(=O)N(Cc2ccc3c(c2)OCCCO3)CC(C)C)C1. The number of aryl methyl sites for hydroxylation is 1. The number of fused-ring (bicyclic) bond motifs is 1. The lowest BCUT2D eigenvalue weighted by Crippen LogP contribution is -2.39. The van der Waals surface area contributed by atoms with E-state index in [0.717, 1.165) is 56.1 Å². The van der Waals surface area contributed by atoms with Crippen molar-refractivity contribution < 1.29 is 14.3 Å². The van der Waals surface area contributed by atoms with E-state index in [9.17, 15) is 4.79 Å². The summed E-state index contributed by atoms with van der Waals surface area (Å²) in [7, 11) is 0. The fraction of sp³-hybridized carbons (Fsp3) is 0.519. The maximum Gasteiger partial charge on any atom is 0.227 e. The maximum absolute atomic E-state index is 13.5. The largest absolute Gasteiger partial charge is 0.490 e. The third-order valence-electron chi connectivity index (χ3n) is 6.36. The predicted molar refractivity (Wildman–Crippen MR) is 127 cm³/mol. The molecule has 5 nitrogen and oxygen atoms in total. The van der Waals surface area contributed by atoms with Crippen LogP contribution in [0.25, 0.3) is 0 Å². The zero-order valence-electron chi connectivity index (χ0n) is 19.7. The van der Waals surface area contributed by atoms with E-state index in [1.54, 1.807) is 0 Å². The number of carbonyl (C=O) groups is 1. The molecule has 1 atom stereocenters. The van der Waals surface area contributed by atoms with E-state index in [2.05, 4.69) is 56.0 Å². The van der Waals surface area contributed by atoms with Crippen LogP contribution in [0.5, 0.6) is 11.5 Å². The molecule has 0 radical (unpaired) electrons. The highest BCUT2D eigenvalue weighted by atomic mass is 16.5. The van der Waals surface area contributed by atoms with Crippen molar-refractivity contribution >= 4 is 5.91 Å². The normalized spacial score (nSPS) is 18.6. The number of ether oxygens (including phenoxy) is 2. The van der Waals surface area contributed by atoms with Crippen LogP contribution < -0.4 is 9.47 Å². The summed E-state index contributed by atoms with van der Waals surface area (Å²) in [6, 6.07) is 14.6. The zero-order valence-corrected chi connectivity index (χ0v) is 19.7. The molecule has 2 aliphatic rings. The van der Waals surface area contributed by atoms with Crippen LogP contribution >= 0.6 is 0 Å². The van der Waals surface area contributed by atoms with E-state index < -0.39 is 0 Å². The first-order chi connectivity index (χ1) is 15.5. The Kier molecular flexibility index (Phi) is 7.36.